The van der Waals surface area contributed by atoms with Crippen molar-refractivity contribution in [3.05, 3.63) is 137 Å². The predicted molar refractivity (Wildman–Crippen MR) is 244 cm³/mol. The zero-order valence-electron chi connectivity index (χ0n) is 33.4. The molecule has 5 aromatic rings. The average molecular weight is 1010 g/mol. The summed E-state index contributed by atoms with van der Waals surface area (Å²) in [6.07, 6.45) is 4.38. The van der Waals surface area contributed by atoms with Gasteiger partial charge in [0.2, 0.25) is 0 Å². The van der Waals surface area contributed by atoms with E-state index in [0.29, 0.717) is 91.8 Å². The lowest BCUT2D eigenvalue weighted by atomic mass is 9.91. The quantitative estimate of drug-likeness (QED) is 0.153. The van der Waals surface area contributed by atoms with Crippen LogP contribution >= 0.6 is 45.2 Å². The van der Waals surface area contributed by atoms with E-state index in [9.17, 15) is 0 Å². The molecule has 0 amide bonds. The summed E-state index contributed by atoms with van der Waals surface area (Å²) in [6.45, 7) is 8.87. The number of hydrogen-bond donors (Lipinski definition) is 0. The van der Waals surface area contributed by atoms with Gasteiger partial charge in [0.15, 0.2) is 0 Å². The molecule has 306 valence electrons. The molecule has 4 aliphatic heterocycles. The Balaban J connectivity index is 1.31. The Morgan fingerprint density at radius 3 is 1.07 bits per heavy atom. The van der Waals surface area contributed by atoms with Gasteiger partial charge in [0.1, 0.15) is 60.9 Å². The summed E-state index contributed by atoms with van der Waals surface area (Å²) in [7, 11) is 0. The summed E-state index contributed by atoms with van der Waals surface area (Å²) in [5.74, 6) is 5.20. The van der Waals surface area contributed by atoms with E-state index in [2.05, 4.69) is 132 Å². The van der Waals surface area contributed by atoms with Crippen LogP contribution in [0.25, 0.3) is 0 Å². The molecule has 10 rings (SSSR count). The van der Waals surface area contributed by atoms with Crippen LogP contribution in [0.2, 0.25) is 0 Å². The lowest BCUT2D eigenvalue weighted by molar-refractivity contribution is 0.0748. The molecule has 0 saturated carbocycles. The topological polar surface area (TPSA) is 73.8 Å². The van der Waals surface area contributed by atoms with Crippen LogP contribution in [0.4, 0.5) is 0 Å². The van der Waals surface area contributed by atoms with Gasteiger partial charge in [-0.15, -0.1) is 0 Å². The first-order valence-electron chi connectivity index (χ1n) is 20.4. The van der Waals surface area contributed by atoms with Crippen molar-refractivity contribution in [3.63, 3.8) is 0 Å². The lowest BCUT2D eigenvalue weighted by Crippen LogP contribution is -2.14. The van der Waals surface area contributed by atoms with Gasteiger partial charge in [-0.2, -0.15) is 0 Å². The molecular formula is C48H52I2O8. The van der Waals surface area contributed by atoms with Gasteiger partial charge in [-0.25, -0.2) is 0 Å². The highest BCUT2D eigenvalue weighted by molar-refractivity contribution is 14.1. The first-order chi connectivity index (χ1) is 28.5. The number of rotatable bonds is 6. The number of halogens is 2. The Morgan fingerprint density at radius 1 is 0.431 bits per heavy atom. The van der Waals surface area contributed by atoms with E-state index in [1.807, 2.05) is 12.1 Å². The highest BCUT2D eigenvalue weighted by Crippen LogP contribution is 2.39. The second kappa shape index (κ2) is 21.5. The minimum atomic E-state index is 0.394. The smallest absolute Gasteiger partial charge is 0.134 e. The molecule has 8 nitrogen and oxygen atoms in total. The van der Waals surface area contributed by atoms with Crippen LogP contribution in [0.3, 0.4) is 0 Å². The summed E-state index contributed by atoms with van der Waals surface area (Å²) >= 11 is 4.57. The molecule has 5 aliphatic rings. The molecule has 5 aromatic carbocycles. The maximum absolute atomic E-state index is 6.74. The van der Waals surface area contributed by atoms with Crippen LogP contribution in [0.15, 0.2) is 84.9 Å². The van der Waals surface area contributed by atoms with Crippen LogP contribution in [-0.4, -0.2) is 66.1 Å². The fourth-order valence-corrected chi connectivity index (χ4v) is 8.59. The molecule has 0 radical (unpaired) electrons. The maximum Gasteiger partial charge on any atom is 0.134 e. The molecular weight excluding hydrogens is 958 g/mol. The SMILES string of the molecule is CCCOc1c2cccc1Cc1cccc3c1OCCOCCOc1cc(I)c(cc1I)OCCOCCOc1c(cccc1Cc1cccc(c1OCCC)C3)C2. The Morgan fingerprint density at radius 2 is 0.741 bits per heavy atom. The molecule has 0 unspecified atom stereocenters. The molecule has 0 fully saturated rings. The zero-order valence-corrected chi connectivity index (χ0v) is 37.7. The largest absolute Gasteiger partial charge is 0.493 e. The van der Waals surface area contributed by atoms with E-state index < -0.39 is 0 Å². The van der Waals surface area contributed by atoms with Crippen LogP contribution in [0, 0.1) is 7.14 Å². The molecule has 0 aromatic heterocycles. The first-order valence-corrected chi connectivity index (χ1v) is 22.5. The fraction of sp³-hybridized carbons (Fsp3) is 0.375. The number of para-hydroxylation sites is 4. The van der Waals surface area contributed by atoms with E-state index in [-0.39, 0.29) is 0 Å². The maximum atomic E-state index is 6.74. The van der Waals surface area contributed by atoms with Crippen molar-refractivity contribution < 1.29 is 37.9 Å². The second-order valence-corrected chi connectivity index (χ2v) is 16.7. The van der Waals surface area contributed by atoms with Gasteiger partial charge in [0, 0.05) is 25.7 Å². The third-order valence-electron chi connectivity index (χ3n) is 10.0. The van der Waals surface area contributed by atoms with Crippen LogP contribution in [0.5, 0.6) is 34.5 Å². The molecule has 10 heteroatoms. The van der Waals surface area contributed by atoms with Gasteiger partial charge < -0.3 is 37.9 Å². The molecule has 0 saturated heterocycles. The first kappa shape index (κ1) is 42.4. The summed E-state index contributed by atoms with van der Waals surface area (Å²) < 4.78 is 53.0. The van der Waals surface area contributed by atoms with Crippen molar-refractivity contribution in [3.8, 4) is 34.5 Å². The highest BCUT2D eigenvalue weighted by Gasteiger charge is 2.22. The third-order valence-corrected chi connectivity index (χ3v) is 11.7. The van der Waals surface area contributed by atoms with Crippen molar-refractivity contribution in [1.82, 2.24) is 0 Å². The van der Waals surface area contributed by atoms with Crippen molar-refractivity contribution in [2.75, 3.05) is 66.1 Å². The van der Waals surface area contributed by atoms with E-state index in [4.69, 9.17) is 37.9 Å². The second-order valence-electron chi connectivity index (χ2n) is 14.4. The fourth-order valence-electron chi connectivity index (χ4n) is 7.40. The minimum absolute atomic E-state index is 0.394. The van der Waals surface area contributed by atoms with Crippen LogP contribution < -0.4 is 28.4 Å². The summed E-state index contributed by atoms with van der Waals surface area (Å²) in [6, 6.07) is 30.0. The average Bonchev–Trinajstić information content (AvgIpc) is 3.22. The third kappa shape index (κ3) is 10.9. The zero-order chi connectivity index (χ0) is 40.1. The Labute approximate surface area is 370 Å². The van der Waals surface area contributed by atoms with Gasteiger partial charge in [0.25, 0.3) is 0 Å². The van der Waals surface area contributed by atoms with E-state index in [1.165, 1.54) is 0 Å². The molecule has 0 atom stereocenters. The van der Waals surface area contributed by atoms with Gasteiger partial charge >= 0.3 is 0 Å². The monoisotopic (exact) mass is 1010 g/mol. The van der Waals surface area contributed by atoms with E-state index in [0.717, 1.165) is 99.0 Å². The molecule has 12 bridgehead atoms. The molecule has 1 aliphatic carbocycles. The number of ether oxygens (including phenoxy) is 8. The lowest BCUT2D eigenvalue weighted by Gasteiger charge is -2.22. The summed E-state index contributed by atoms with van der Waals surface area (Å²) in [5, 5.41) is 0. The highest BCUT2D eigenvalue weighted by atomic mass is 127. The van der Waals surface area contributed by atoms with Gasteiger partial charge in [0.05, 0.1) is 46.8 Å². The van der Waals surface area contributed by atoms with E-state index in [1.54, 1.807) is 0 Å². The van der Waals surface area contributed by atoms with Crippen molar-refractivity contribution >= 4 is 45.2 Å². The molecule has 4 heterocycles. The molecule has 0 N–H and O–H groups in total. The number of hydrogen-bond acceptors (Lipinski definition) is 8. The van der Waals surface area contributed by atoms with Crippen molar-refractivity contribution in [2.45, 2.75) is 52.4 Å². The Bertz CT molecular complexity index is 1900. The van der Waals surface area contributed by atoms with E-state index >= 15 is 0 Å². The number of benzene rings is 5. The minimum Gasteiger partial charge on any atom is -0.493 e. The Kier molecular flexibility index (Phi) is 15.7. The normalized spacial score (nSPS) is 15.1. The Hall–Kier alpha value is -3.72. The predicted octanol–water partition coefficient (Wildman–Crippen LogP) is 10.4. The van der Waals surface area contributed by atoms with Crippen molar-refractivity contribution in [1.29, 1.82) is 0 Å². The van der Waals surface area contributed by atoms with Crippen LogP contribution in [-0.2, 0) is 35.2 Å². The van der Waals surface area contributed by atoms with Crippen LogP contribution in [0.1, 0.15) is 71.2 Å². The van der Waals surface area contributed by atoms with Crippen molar-refractivity contribution in [2.24, 2.45) is 0 Å². The molecule has 58 heavy (non-hydrogen) atoms. The summed E-state index contributed by atoms with van der Waals surface area (Å²) in [5.41, 5.74) is 8.85. The van der Waals surface area contributed by atoms with Gasteiger partial charge in [-0.05, 0) is 115 Å². The van der Waals surface area contributed by atoms with Gasteiger partial charge in [-0.3, -0.25) is 0 Å². The standard InChI is InChI=1S/C48H52I2O8/c1-3-17-55-45-33-9-5-10-34(45)28-38-14-8-16-40-30-36-12-6-11-35(46(36)56-18-4-2)29-39-15-7-13-37(27-33)47(39)57-25-21-51-19-23-53-43-31-42(50)44(32-41(43)49)54-24-20-52-22-26-58-48(38)40/h5-16,31-32H,3-4,17-30H2,1-2H3. The summed E-state index contributed by atoms with van der Waals surface area (Å²) in [4.78, 5) is 0. The molecule has 0 spiro atoms. The van der Waals surface area contributed by atoms with Gasteiger partial charge in [-0.1, -0.05) is 86.6 Å².